The van der Waals surface area contributed by atoms with Crippen LogP contribution in [0, 0.1) is 28.6 Å². The first-order valence-corrected chi connectivity index (χ1v) is 26.7. The third-order valence-corrected chi connectivity index (χ3v) is 15.8. The molecule has 0 bridgehead atoms. The van der Waals surface area contributed by atoms with E-state index in [-0.39, 0.29) is 35.3 Å². The average molecular weight is 885 g/mol. The molecule has 9 heteroatoms. The molecule has 364 valence electrons. The first-order chi connectivity index (χ1) is 30.5. The number of amides is 1. The van der Waals surface area contributed by atoms with Gasteiger partial charge in [0, 0.05) is 57.5 Å². The predicted octanol–water partition coefficient (Wildman–Crippen LogP) is 13.4. The molecular weight excluding hydrogens is 789 g/mol. The topological polar surface area (TPSA) is 94.6 Å². The van der Waals surface area contributed by atoms with E-state index >= 15 is 0 Å². The fraction of sp³-hybridized carbons (Fsp3) is 0.907. The summed E-state index contributed by atoms with van der Waals surface area (Å²) in [5.41, 5.74) is 1.57. The largest absolute Gasteiger partial charge is 0.462 e. The summed E-state index contributed by atoms with van der Waals surface area (Å²) >= 11 is 0. The number of hydrogen-bond acceptors (Lipinski definition) is 8. The lowest BCUT2D eigenvalue weighted by Crippen LogP contribution is -2.50. The summed E-state index contributed by atoms with van der Waals surface area (Å²) in [5, 5.41) is 0. The van der Waals surface area contributed by atoms with Crippen molar-refractivity contribution in [1.29, 1.82) is 0 Å². The van der Waals surface area contributed by atoms with Crippen LogP contribution in [0.25, 0.3) is 0 Å². The number of fused-ring (bicyclic) bond motifs is 5. The van der Waals surface area contributed by atoms with Gasteiger partial charge in [0.15, 0.2) is 6.29 Å². The van der Waals surface area contributed by atoms with E-state index in [1.807, 2.05) is 19.0 Å². The molecule has 3 fully saturated rings. The third kappa shape index (κ3) is 18.0. The minimum Gasteiger partial charge on any atom is -0.462 e. The summed E-state index contributed by atoms with van der Waals surface area (Å²) in [7, 11) is 4.07. The van der Waals surface area contributed by atoms with E-state index in [2.05, 4.69) is 38.7 Å². The Kier molecular flexibility index (Phi) is 25.2. The van der Waals surface area contributed by atoms with Crippen LogP contribution in [0.15, 0.2) is 11.6 Å². The van der Waals surface area contributed by atoms with Gasteiger partial charge in [-0.15, -0.1) is 0 Å². The van der Waals surface area contributed by atoms with E-state index in [0.717, 1.165) is 142 Å². The molecule has 6 unspecified atom stereocenters. The number of esters is 1. The van der Waals surface area contributed by atoms with E-state index in [9.17, 15) is 14.4 Å². The second kappa shape index (κ2) is 29.6. The lowest BCUT2D eigenvalue weighted by molar-refractivity contribution is -0.151. The van der Waals surface area contributed by atoms with Crippen LogP contribution in [0.1, 0.15) is 220 Å². The number of ether oxygens (including phenoxy) is 4. The fourth-order valence-corrected chi connectivity index (χ4v) is 11.8. The summed E-state index contributed by atoms with van der Waals surface area (Å²) in [6.45, 7) is 13.5. The highest BCUT2D eigenvalue weighted by molar-refractivity contribution is 5.87. The van der Waals surface area contributed by atoms with Crippen molar-refractivity contribution in [2.24, 2.45) is 28.6 Å². The van der Waals surface area contributed by atoms with Crippen molar-refractivity contribution in [2.75, 3.05) is 53.6 Å². The van der Waals surface area contributed by atoms with Gasteiger partial charge in [-0.25, -0.2) is 4.79 Å². The Balaban J connectivity index is 1.14. The Hall–Kier alpha value is -1.97. The number of carbonyl (C=O) groups excluding carboxylic acids is 3. The van der Waals surface area contributed by atoms with Crippen molar-refractivity contribution in [3.05, 3.63) is 11.6 Å². The number of unbranched alkanes of at least 4 members (excludes halogenated alkanes) is 15. The van der Waals surface area contributed by atoms with Crippen LogP contribution >= 0.6 is 0 Å². The molecule has 0 aromatic rings. The molecule has 0 radical (unpaired) electrons. The van der Waals surface area contributed by atoms with Crippen molar-refractivity contribution in [3.63, 3.8) is 0 Å². The molecular formula is C54H96N2O7. The summed E-state index contributed by atoms with van der Waals surface area (Å²) in [6.07, 6.45) is 34.0. The number of hydrogen-bond donors (Lipinski definition) is 0. The number of ketones is 1. The van der Waals surface area contributed by atoms with Crippen LogP contribution in [-0.4, -0.2) is 93.6 Å². The normalized spacial score (nSPS) is 25.5. The molecule has 0 saturated heterocycles. The van der Waals surface area contributed by atoms with E-state index in [0.29, 0.717) is 49.7 Å². The minimum absolute atomic E-state index is 0.0332. The van der Waals surface area contributed by atoms with E-state index in [1.165, 1.54) is 69.8 Å². The quantitative estimate of drug-likeness (QED) is 0.0273. The third-order valence-electron chi connectivity index (χ3n) is 15.8. The second-order valence-corrected chi connectivity index (χ2v) is 21.0. The molecule has 0 aliphatic heterocycles. The number of rotatable bonds is 34. The highest BCUT2D eigenvalue weighted by atomic mass is 16.7. The van der Waals surface area contributed by atoms with Crippen LogP contribution in [-0.2, 0) is 28.5 Å². The Morgan fingerprint density at radius 1 is 0.683 bits per heavy atom. The molecule has 6 atom stereocenters. The predicted molar refractivity (Wildman–Crippen MR) is 257 cm³/mol. The maximum atomic E-state index is 13.2. The van der Waals surface area contributed by atoms with E-state index < -0.39 is 0 Å². The van der Waals surface area contributed by atoms with Crippen molar-refractivity contribution in [3.8, 4) is 0 Å². The van der Waals surface area contributed by atoms with Crippen molar-refractivity contribution in [1.82, 2.24) is 9.80 Å². The highest BCUT2D eigenvalue weighted by Crippen LogP contribution is 2.64. The molecule has 0 heterocycles. The van der Waals surface area contributed by atoms with Gasteiger partial charge in [-0.2, -0.15) is 0 Å². The molecule has 4 rings (SSSR count). The SMILES string of the molecule is CCCCCCCCOC(CCCCCCN(CCCCCC(=O)OC1CCC2(C)C(=CCC3C4CCC(=O)C4(C)CCC32)C1)C(=O)OCCCN(C)C)OCCCCCCCC. The molecule has 0 N–H and O–H groups in total. The van der Waals surface area contributed by atoms with Crippen LogP contribution in [0.4, 0.5) is 4.79 Å². The van der Waals surface area contributed by atoms with Crippen molar-refractivity contribution >= 4 is 17.8 Å². The first kappa shape index (κ1) is 53.6. The molecule has 4 aliphatic rings. The maximum Gasteiger partial charge on any atom is 0.409 e. The maximum absolute atomic E-state index is 13.2. The zero-order valence-corrected chi connectivity index (χ0v) is 41.7. The second-order valence-electron chi connectivity index (χ2n) is 21.0. The average Bonchev–Trinajstić information content (AvgIpc) is 3.57. The summed E-state index contributed by atoms with van der Waals surface area (Å²) in [6, 6.07) is 0. The number of Topliss-reactive ketones (excluding diaryl/α,β-unsaturated/α-hetero) is 1. The molecule has 1 amide bonds. The van der Waals surface area contributed by atoms with Gasteiger partial charge in [-0.3, -0.25) is 9.59 Å². The standard InChI is InChI=1S/C54H96N2O7/c1-7-9-11-13-17-24-40-60-51(61-41-25-18-14-12-10-8-2)28-21-15-16-22-38-56(52(59)62-42-26-37-55(5)6)39-23-19-20-27-50(58)63-45-33-35-53(3)44(43-45)29-30-46-47-31-32-49(57)54(47,4)36-34-48(46)53/h29,45-48,51H,7-28,30-43H2,1-6H3. The van der Waals surface area contributed by atoms with Gasteiger partial charge < -0.3 is 28.7 Å². The van der Waals surface area contributed by atoms with Gasteiger partial charge >= 0.3 is 12.1 Å². The van der Waals surface area contributed by atoms with Crippen molar-refractivity contribution in [2.45, 2.75) is 233 Å². The zero-order valence-electron chi connectivity index (χ0n) is 41.7. The Morgan fingerprint density at radius 3 is 1.94 bits per heavy atom. The lowest BCUT2D eigenvalue weighted by Gasteiger charge is -2.56. The number of carbonyl (C=O) groups is 3. The summed E-state index contributed by atoms with van der Waals surface area (Å²) in [5.74, 6) is 2.21. The van der Waals surface area contributed by atoms with Gasteiger partial charge in [0.05, 0.1) is 6.61 Å². The van der Waals surface area contributed by atoms with Crippen LogP contribution in [0.5, 0.6) is 0 Å². The zero-order chi connectivity index (χ0) is 45.3. The van der Waals surface area contributed by atoms with Crippen molar-refractivity contribution < 1.29 is 33.3 Å². The Labute approximate surface area is 386 Å². The number of allylic oxidation sites excluding steroid dienone is 1. The van der Waals surface area contributed by atoms with Gasteiger partial charge in [0.1, 0.15) is 11.9 Å². The van der Waals surface area contributed by atoms with Gasteiger partial charge in [-0.05, 0) is 127 Å². The fourth-order valence-electron chi connectivity index (χ4n) is 11.8. The molecule has 0 aromatic carbocycles. The van der Waals surface area contributed by atoms with Crippen LogP contribution in [0.3, 0.4) is 0 Å². The highest BCUT2D eigenvalue weighted by Gasteiger charge is 2.58. The molecule has 9 nitrogen and oxygen atoms in total. The minimum atomic E-state index is -0.217. The molecule has 4 aliphatic carbocycles. The molecule has 0 aromatic heterocycles. The lowest BCUT2D eigenvalue weighted by atomic mass is 9.48. The first-order valence-electron chi connectivity index (χ1n) is 26.7. The monoisotopic (exact) mass is 885 g/mol. The Bertz CT molecular complexity index is 1320. The van der Waals surface area contributed by atoms with Crippen LogP contribution < -0.4 is 0 Å². The van der Waals surface area contributed by atoms with Gasteiger partial charge in [0.25, 0.3) is 0 Å². The molecule has 63 heavy (non-hydrogen) atoms. The van der Waals surface area contributed by atoms with E-state index in [1.54, 1.807) is 0 Å². The Morgan fingerprint density at radius 2 is 1.27 bits per heavy atom. The van der Waals surface area contributed by atoms with E-state index in [4.69, 9.17) is 18.9 Å². The number of nitrogens with zero attached hydrogens (tertiary/aromatic N) is 2. The smallest absolute Gasteiger partial charge is 0.409 e. The molecule has 0 spiro atoms. The summed E-state index contributed by atoms with van der Waals surface area (Å²) in [4.78, 5) is 43.1. The molecule has 3 saturated carbocycles. The van der Waals surface area contributed by atoms with Gasteiger partial charge in [0.2, 0.25) is 0 Å². The van der Waals surface area contributed by atoms with Gasteiger partial charge in [-0.1, -0.05) is 123 Å². The van der Waals surface area contributed by atoms with Crippen LogP contribution in [0.2, 0.25) is 0 Å². The summed E-state index contributed by atoms with van der Waals surface area (Å²) < 4.78 is 24.4.